The topological polar surface area (TPSA) is 12.0 Å². The van der Waals surface area contributed by atoms with E-state index in [0.717, 1.165) is 17.4 Å². The Hall–Kier alpha value is -1.12. The fraction of sp³-hybridized carbons (Fsp3) is 0.294. The molecule has 2 aromatic rings. The van der Waals surface area contributed by atoms with Crippen molar-refractivity contribution >= 4 is 15.9 Å². The van der Waals surface area contributed by atoms with Crippen LogP contribution in [0.5, 0.6) is 0 Å². The van der Waals surface area contributed by atoms with Crippen LogP contribution in [-0.4, -0.2) is 6.54 Å². The number of hydrogen-bond donors (Lipinski definition) is 1. The third-order valence-electron chi connectivity index (χ3n) is 3.28. The van der Waals surface area contributed by atoms with Crippen molar-refractivity contribution in [3.63, 3.8) is 0 Å². The van der Waals surface area contributed by atoms with Crippen LogP contribution in [0.15, 0.2) is 59.1 Å². The fourth-order valence-electron chi connectivity index (χ4n) is 2.15. The maximum absolute atomic E-state index is 3.58. The van der Waals surface area contributed by atoms with Crippen LogP contribution in [0.3, 0.4) is 0 Å². The lowest BCUT2D eigenvalue weighted by Gasteiger charge is -2.14. The second-order valence-corrected chi connectivity index (χ2v) is 5.74. The first-order valence-corrected chi connectivity index (χ1v) is 7.58. The first kappa shape index (κ1) is 14.3. The van der Waals surface area contributed by atoms with Crippen molar-refractivity contribution in [3.8, 4) is 0 Å². The highest BCUT2D eigenvalue weighted by Crippen LogP contribution is 2.17. The predicted molar refractivity (Wildman–Crippen MR) is 85.3 cm³/mol. The Kier molecular flexibility index (Phi) is 5.62. The van der Waals surface area contributed by atoms with Gasteiger partial charge in [0.25, 0.3) is 0 Å². The zero-order chi connectivity index (χ0) is 13.5. The maximum Gasteiger partial charge on any atom is 0.0292 e. The van der Waals surface area contributed by atoms with Crippen molar-refractivity contribution in [1.29, 1.82) is 0 Å². The molecule has 1 atom stereocenters. The van der Waals surface area contributed by atoms with Gasteiger partial charge >= 0.3 is 0 Å². The van der Waals surface area contributed by atoms with Gasteiger partial charge in [-0.25, -0.2) is 0 Å². The van der Waals surface area contributed by atoms with E-state index in [1.54, 1.807) is 0 Å². The first-order valence-electron chi connectivity index (χ1n) is 6.78. The largest absolute Gasteiger partial charge is 0.310 e. The summed E-state index contributed by atoms with van der Waals surface area (Å²) >= 11 is 3.52. The van der Waals surface area contributed by atoms with Crippen LogP contribution in [0.2, 0.25) is 0 Å². The van der Waals surface area contributed by atoms with Gasteiger partial charge in [0.05, 0.1) is 0 Å². The summed E-state index contributed by atoms with van der Waals surface area (Å²) in [6, 6.07) is 19.5. The van der Waals surface area contributed by atoms with E-state index in [2.05, 4.69) is 82.8 Å². The molecule has 0 aliphatic heterocycles. The molecule has 0 bridgehead atoms. The molecule has 2 aromatic carbocycles. The summed E-state index contributed by atoms with van der Waals surface area (Å²) in [5, 5.41) is 3.58. The smallest absolute Gasteiger partial charge is 0.0292 e. The van der Waals surface area contributed by atoms with Gasteiger partial charge in [-0.1, -0.05) is 58.4 Å². The van der Waals surface area contributed by atoms with Gasteiger partial charge in [-0.3, -0.25) is 0 Å². The molecule has 0 amide bonds. The third kappa shape index (κ3) is 4.81. The predicted octanol–water partition coefficient (Wildman–Crippen LogP) is 4.73. The van der Waals surface area contributed by atoms with Gasteiger partial charge in [-0.05, 0) is 49.6 Å². The number of hydrogen-bond acceptors (Lipinski definition) is 1. The number of rotatable bonds is 6. The molecule has 0 saturated heterocycles. The molecule has 1 unspecified atom stereocenters. The minimum atomic E-state index is 0.397. The van der Waals surface area contributed by atoms with Crippen molar-refractivity contribution in [2.24, 2.45) is 0 Å². The summed E-state index contributed by atoms with van der Waals surface area (Å²) in [4.78, 5) is 0. The number of nitrogens with one attached hydrogen (secondary N) is 1. The summed E-state index contributed by atoms with van der Waals surface area (Å²) in [6.07, 6.45) is 2.31. The normalized spacial score (nSPS) is 12.3. The average Bonchev–Trinajstić information content (AvgIpc) is 2.44. The Morgan fingerprint density at radius 1 is 1.05 bits per heavy atom. The Morgan fingerprint density at radius 2 is 1.84 bits per heavy atom. The van der Waals surface area contributed by atoms with Gasteiger partial charge in [-0.2, -0.15) is 0 Å². The van der Waals surface area contributed by atoms with E-state index >= 15 is 0 Å². The molecule has 2 heteroatoms. The van der Waals surface area contributed by atoms with Gasteiger partial charge in [0.1, 0.15) is 0 Å². The van der Waals surface area contributed by atoms with Crippen LogP contribution in [0.1, 0.15) is 30.5 Å². The molecule has 1 nitrogen and oxygen atoms in total. The van der Waals surface area contributed by atoms with E-state index in [1.807, 2.05) is 0 Å². The fourth-order valence-corrected chi connectivity index (χ4v) is 2.57. The lowest BCUT2D eigenvalue weighted by Crippen LogP contribution is -2.20. The molecule has 1 N–H and O–H groups in total. The van der Waals surface area contributed by atoms with Gasteiger partial charge < -0.3 is 5.32 Å². The molecule has 100 valence electrons. The molecular formula is C17H20BrN. The van der Waals surface area contributed by atoms with Crippen LogP contribution in [0, 0.1) is 0 Å². The number of halogens is 1. The second-order valence-electron chi connectivity index (χ2n) is 4.82. The van der Waals surface area contributed by atoms with Crippen LogP contribution in [-0.2, 0) is 6.42 Å². The quantitative estimate of drug-likeness (QED) is 0.759. The van der Waals surface area contributed by atoms with Crippen molar-refractivity contribution in [2.45, 2.75) is 25.8 Å². The number of benzene rings is 2. The summed E-state index contributed by atoms with van der Waals surface area (Å²) in [6.45, 7) is 3.26. The molecule has 19 heavy (non-hydrogen) atoms. The van der Waals surface area contributed by atoms with Crippen molar-refractivity contribution in [1.82, 2.24) is 5.32 Å². The van der Waals surface area contributed by atoms with Crippen molar-refractivity contribution in [2.75, 3.05) is 6.54 Å². The van der Waals surface area contributed by atoms with Crippen LogP contribution in [0.4, 0.5) is 0 Å². The van der Waals surface area contributed by atoms with Crippen molar-refractivity contribution < 1.29 is 0 Å². The van der Waals surface area contributed by atoms with Gasteiger partial charge in [0.15, 0.2) is 0 Å². The minimum Gasteiger partial charge on any atom is -0.310 e. The van der Waals surface area contributed by atoms with Crippen molar-refractivity contribution in [3.05, 3.63) is 70.2 Å². The highest BCUT2D eigenvalue weighted by molar-refractivity contribution is 9.10. The average molecular weight is 318 g/mol. The zero-order valence-electron chi connectivity index (χ0n) is 11.3. The summed E-state index contributed by atoms with van der Waals surface area (Å²) < 4.78 is 1.14. The molecule has 0 spiro atoms. The van der Waals surface area contributed by atoms with Gasteiger partial charge in [0.2, 0.25) is 0 Å². The molecule has 0 saturated carbocycles. The standard InChI is InChI=1S/C17H20BrN/c1-14(16-10-5-11-17(18)13-16)19-12-6-9-15-7-3-2-4-8-15/h2-5,7-8,10-11,13-14,19H,6,9,12H2,1H3. The second kappa shape index (κ2) is 7.46. The van der Waals surface area contributed by atoms with Crippen LogP contribution >= 0.6 is 15.9 Å². The third-order valence-corrected chi connectivity index (χ3v) is 3.78. The highest BCUT2D eigenvalue weighted by Gasteiger charge is 2.04. The molecule has 2 rings (SSSR count). The molecule has 0 aliphatic rings. The molecule has 0 heterocycles. The SMILES string of the molecule is CC(NCCCc1ccccc1)c1cccc(Br)c1. The van der Waals surface area contributed by atoms with Gasteiger partial charge in [-0.15, -0.1) is 0 Å². The van der Waals surface area contributed by atoms with E-state index in [1.165, 1.54) is 17.5 Å². The first-order chi connectivity index (χ1) is 9.25. The zero-order valence-corrected chi connectivity index (χ0v) is 12.9. The Labute approximate surface area is 124 Å². The summed E-state index contributed by atoms with van der Waals surface area (Å²) in [5.74, 6) is 0. The lowest BCUT2D eigenvalue weighted by molar-refractivity contribution is 0.558. The monoisotopic (exact) mass is 317 g/mol. The van der Waals surface area contributed by atoms with Crippen LogP contribution in [0.25, 0.3) is 0 Å². The maximum atomic E-state index is 3.58. The Morgan fingerprint density at radius 3 is 2.58 bits per heavy atom. The molecule has 0 aliphatic carbocycles. The molecular weight excluding hydrogens is 298 g/mol. The summed E-state index contributed by atoms with van der Waals surface area (Å²) in [7, 11) is 0. The Bertz CT molecular complexity index is 496. The van der Waals surface area contributed by atoms with Crippen LogP contribution < -0.4 is 5.32 Å². The van der Waals surface area contributed by atoms with E-state index < -0.39 is 0 Å². The summed E-state index contributed by atoms with van der Waals surface area (Å²) in [5.41, 5.74) is 2.74. The molecule has 0 radical (unpaired) electrons. The van der Waals surface area contributed by atoms with E-state index in [4.69, 9.17) is 0 Å². The number of aryl methyl sites for hydroxylation is 1. The van der Waals surface area contributed by atoms with E-state index in [0.29, 0.717) is 6.04 Å². The highest BCUT2D eigenvalue weighted by atomic mass is 79.9. The minimum absolute atomic E-state index is 0.397. The molecule has 0 fully saturated rings. The van der Waals surface area contributed by atoms with E-state index in [-0.39, 0.29) is 0 Å². The Balaban J connectivity index is 1.74. The lowest BCUT2D eigenvalue weighted by atomic mass is 10.1. The molecule has 0 aromatic heterocycles. The van der Waals surface area contributed by atoms with E-state index in [9.17, 15) is 0 Å². The van der Waals surface area contributed by atoms with Gasteiger partial charge in [0, 0.05) is 10.5 Å².